The fourth-order valence-corrected chi connectivity index (χ4v) is 1.73. The number of non-ortho nitro benzene ring substituents is 1. The van der Waals surface area contributed by atoms with Crippen LogP contribution in [0.4, 0.5) is 11.6 Å². The number of nitro benzene ring substituents is 1. The number of hydrazine groups is 1. The molecule has 0 fully saturated rings. The summed E-state index contributed by atoms with van der Waals surface area (Å²) in [7, 11) is 0. The Hall–Kier alpha value is -2.96. The van der Waals surface area contributed by atoms with Crippen molar-refractivity contribution < 1.29 is 4.92 Å². The van der Waals surface area contributed by atoms with E-state index in [2.05, 4.69) is 20.8 Å². The second-order valence-electron chi connectivity index (χ2n) is 4.43. The molecule has 2 aromatic rings. The molecule has 1 heterocycles. The summed E-state index contributed by atoms with van der Waals surface area (Å²) in [5.74, 6) is 0.487. The highest BCUT2D eigenvalue weighted by Gasteiger charge is 2.02. The maximum atomic E-state index is 10.5. The number of anilines is 1. The van der Waals surface area contributed by atoms with Crippen LogP contribution >= 0.6 is 0 Å². The molecule has 7 nitrogen and oxygen atoms in total. The molecular weight excluding hydrogens is 270 g/mol. The molecule has 1 aromatic heterocycles. The van der Waals surface area contributed by atoms with Crippen molar-refractivity contribution in [3.63, 3.8) is 0 Å². The molecule has 0 aliphatic carbocycles. The van der Waals surface area contributed by atoms with Gasteiger partial charge in [0.05, 0.1) is 4.92 Å². The van der Waals surface area contributed by atoms with Crippen LogP contribution in [0.5, 0.6) is 0 Å². The van der Waals surface area contributed by atoms with E-state index in [-0.39, 0.29) is 5.69 Å². The lowest BCUT2D eigenvalue weighted by Gasteiger charge is -2.05. The Morgan fingerprint density at radius 1 is 1.14 bits per heavy atom. The van der Waals surface area contributed by atoms with Gasteiger partial charge < -0.3 is 5.43 Å². The van der Waals surface area contributed by atoms with Gasteiger partial charge in [0.1, 0.15) is 0 Å². The molecule has 108 valence electrons. The monoisotopic (exact) mass is 285 g/mol. The predicted molar refractivity (Wildman–Crippen MR) is 80.4 cm³/mol. The van der Waals surface area contributed by atoms with Crippen molar-refractivity contribution in [1.82, 2.24) is 15.4 Å². The summed E-state index contributed by atoms with van der Waals surface area (Å²) in [5.41, 5.74) is 8.39. The molecule has 2 rings (SSSR count). The van der Waals surface area contributed by atoms with E-state index in [1.165, 1.54) is 12.1 Å². The first-order chi connectivity index (χ1) is 10.0. The SMILES string of the molecule is Cc1cc(C)nc(NNC=Cc2ccc([N+](=O)[O-])cc2)n1. The van der Waals surface area contributed by atoms with E-state index >= 15 is 0 Å². The number of nitrogens with one attached hydrogen (secondary N) is 2. The van der Waals surface area contributed by atoms with Gasteiger partial charge in [0.2, 0.25) is 5.95 Å². The number of aryl methyl sites for hydroxylation is 2. The fraction of sp³-hybridized carbons (Fsp3) is 0.143. The van der Waals surface area contributed by atoms with Gasteiger partial charge in [-0.1, -0.05) is 0 Å². The molecular formula is C14H15N5O2. The molecule has 0 saturated heterocycles. The number of benzene rings is 1. The molecule has 0 spiro atoms. The van der Waals surface area contributed by atoms with Crippen LogP contribution in [-0.4, -0.2) is 14.9 Å². The van der Waals surface area contributed by atoms with Gasteiger partial charge in [-0.3, -0.25) is 15.5 Å². The summed E-state index contributed by atoms with van der Waals surface area (Å²) in [5, 5.41) is 10.5. The Balaban J connectivity index is 1.91. The topological polar surface area (TPSA) is 93.0 Å². The van der Waals surface area contributed by atoms with Gasteiger partial charge in [0, 0.05) is 29.7 Å². The van der Waals surface area contributed by atoms with Crippen molar-refractivity contribution in [2.24, 2.45) is 0 Å². The van der Waals surface area contributed by atoms with Gasteiger partial charge in [-0.25, -0.2) is 9.97 Å². The molecule has 2 N–H and O–H groups in total. The molecule has 0 saturated carbocycles. The zero-order chi connectivity index (χ0) is 15.2. The Bertz CT molecular complexity index is 647. The normalized spacial score (nSPS) is 10.6. The second kappa shape index (κ2) is 6.47. The molecule has 1 aromatic carbocycles. The third kappa shape index (κ3) is 4.27. The molecule has 0 aliphatic rings. The molecule has 7 heteroatoms. The Morgan fingerprint density at radius 2 is 1.76 bits per heavy atom. The summed E-state index contributed by atoms with van der Waals surface area (Å²) in [6.07, 6.45) is 3.45. The van der Waals surface area contributed by atoms with Gasteiger partial charge in [-0.15, -0.1) is 0 Å². The van der Waals surface area contributed by atoms with E-state index in [1.807, 2.05) is 19.9 Å². The van der Waals surface area contributed by atoms with Crippen molar-refractivity contribution in [3.8, 4) is 0 Å². The first kappa shape index (κ1) is 14.4. The largest absolute Gasteiger partial charge is 0.306 e. The highest BCUT2D eigenvalue weighted by Crippen LogP contribution is 2.12. The molecule has 0 bridgehead atoms. The average Bonchev–Trinajstić information content (AvgIpc) is 2.43. The van der Waals surface area contributed by atoms with Gasteiger partial charge in [0.15, 0.2) is 0 Å². The zero-order valence-electron chi connectivity index (χ0n) is 11.7. The van der Waals surface area contributed by atoms with E-state index < -0.39 is 4.92 Å². The number of rotatable bonds is 5. The van der Waals surface area contributed by atoms with Crippen LogP contribution in [-0.2, 0) is 0 Å². The quantitative estimate of drug-likeness (QED) is 0.648. The van der Waals surface area contributed by atoms with E-state index in [4.69, 9.17) is 0 Å². The van der Waals surface area contributed by atoms with Crippen molar-refractivity contribution in [1.29, 1.82) is 0 Å². The highest BCUT2D eigenvalue weighted by atomic mass is 16.6. The van der Waals surface area contributed by atoms with Crippen molar-refractivity contribution >= 4 is 17.7 Å². The number of nitro groups is 1. The van der Waals surface area contributed by atoms with E-state index in [0.717, 1.165) is 17.0 Å². The van der Waals surface area contributed by atoms with Crippen LogP contribution in [0.15, 0.2) is 36.5 Å². The van der Waals surface area contributed by atoms with Gasteiger partial charge >= 0.3 is 0 Å². The smallest absolute Gasteiger partial charge is 0.269 e. The van der Waals surface area contributed by atoms with Crippen molar-refractivity contribution in [2.75, 3.05) is 5.43 Å². The van der Waals surface area contributed by atoms with E-state index in [9.17, 15) is 10.1 Å². The minimum atomic E-state index is -0.426. The number of nitrogens with zero attached hydrogens (tertiary/aromatic N) is 3. The summed E-state index contributed by atoms with van der Waals surface area (Å²) >= 11 is 0. The highest BCUT2D eigenvalue weighted by molar-refractivity contribution is 5.51. The van der Waals surface area contributed by atoms with Crippen LogP contribution in [0.25, 0.3) is 6.08 Å². The van der Waals surface area contributed by atoms with Gasteiger partial charge in [-0.2, -0.15) is 0 Å². The maximum absolute atomic E-state index is 10.5. The molecule has 21 heavy (non-hydrogen) atoms. The molecule has 0 radical (unpaired) electrons. The van der Waals surface area contributed by atoms with E-state index in [1.54, 1.807) is 24.4 Å². The summed E-state index contributed by atoms with van der Waals surface area (Å²) in [6.45, 7) is 3.79. The Morgan fingerprint density at radius 3 is 2.33 bits per heavy atom. The standard InChI is InChI=1S/C14H15N5O2/c1-10-9-11(2)17-14(16-10)18-15-8-7-12-3-5-13(6-4-12)19(20)21/h3-9,15H,1-2H3,(H,16,17,18). The van der Waals surface area contributed by atoms with Crippen LogP contribution in [0.1, 0.15) is 17.0 Å². The van der Waals surface area contributed by atoms with Crippen molar-refractivity contribution in [2.45, 2.75) is 13.8 Å². The lowest BCUT2D eigenvalue weighted by molar-refractivity contribution is -0.384. The minimum absolute atomic E-state index is 0.0712. The Kier molecular flexibility index (Phi) is 4.45. The number of aromatic nitrogens is 2. The molecule has 0 amide bonds. The van der Waals surface area contributed by atoms with Gasteiger partial charge in [-0.05, 0) is 43.7 Å². The molecule has 0 aliphatic heterocycles. The lowest BCUT2D eigenvalue weighted by atomic mass is 10.2. The first-order valence-corrected chi connectivity index (χ1v) is 6.29. The Labute approximate surface area is 121 Å². The summed E-state index contributed by atoms with van der Waals surface area (Å²) in [6, 6.07) is 8.14. The maximum Gasteiger partial charge on any atom is 0.269 e. The van der Waals surface area contributed by atoms with Crippen LogP contribution in [0, 0.1) is 24.0 Å². The predicted octanol–water partition coefficient (Wildman–Crippen LogP) is 2.59. The third-order valence-corrected chi connectivity index (χ3v) is 2.63. The van der Waals surface area contributed by atoms with E-state index in [0.29, 0.717) is 5.95 Å². The first-order valence-electron chi connectivity index (χ1n) is 6.29. The third-order valence-electron chi connectivity index (χ3n) is 2.63. The average molecular weight is 285 g/mol. The second-order valence-corrected chi connectivity index (χ2v) is 4.43. The van der Waals surface area contributed by atoms with Crippen LogP contribution in [0.2, 0.25) is 0 Å². The van der Waals surface area contributed by atoms with Gasteiger partial charge in [0.25, 0.3) is 5.69 Å². The summed E-state index contributed by atoms with van der Waals surface area (Å²) < 4.78 is 0. The lowest BCUT2D eigenvalue weighted by Crippen LogP contribution is -2.17. The van der Waals surface area contributed by atoms with Crippen LogP contribution in [0.3, 0.4) is 0 Å². The van der Waals surface area contributed by atoms with Crippen molar-refractivity contribution in [3.05, 3.63) is 63.6 Å². The molecule has 0 unspecified atom stereocenters. The number of hydrogen-bond acceptors (Lipinski definition) is 6. The van der Waals surface area contributed by atoms with Crippen LogP contribution < -0.4 is 10.9 Å². The molecule has 0 atom stereocenters. The summed E-state index contributed by atoms with van der Waals surface area (Å²) in [4.78, 5) is 18.5. The minimum Gasteiger partial charge on any atom is -0.306 e. The fourth-order valence-electron chi connectivity index (χ4n) is 1.73. The zero-order valence-corrected chi connectivity index (χ0v) is 11.7. The number of hydrogen-bond donors (Lipinski definition) is 2.